The van der Waals surface area contributed by atoms with Crippen LogP contribution >= 0.6 is 0 Å². The van der Waals surface area contributed by atoms with Crippen LogP contribution in [0.15, 0.2) is 334 Å². The van der Waals surface area contributed by atoms with Crippen LogP contribution in [0.3, 0.4) is 0 Å². The van der Waals surface area contributed by atoms with Crippen molar-refractivity contribution in [2.45, 2.75) is 0 Å². The van der Waals surface area contributed by atoms with Crippen molar-refractivity contribution in [3.05, 3.63) is 334 Å². The normalized spacial score (nSPS) is 11.8. The summed E-state index contributed by atoms with van der Waals surface area (Å²) in [5.41, 5.74) is 16.1. The molecular weight excluding hydrogens is 1220 g/mol. The van der Waals surface area contributed by atoms with Gasteiger partial charge in [-0.25, -0.2) is 34.9 Å². The molecule has 13 aromatic carbocycles. The van der Waals surface area contributed by atoms with Crippen LogP contribution in [0, 0.1) is 0 Å². The van der Waals surface area contributed by atoms with Gasteiger partial charge in [-0.05, 0) is 66.2 Å². The second kappa shape index (κ2) is 23.0. The molecule has 0 fully saturated rings. The average Bonchev–Trinajstić information content (AvgIpc) is 1.48. The summed E-state index contributed by atoms with van der Waals surface area (Å²) in [4.78, 5) is 39.3. The fourth-order valence-corrected chi connectivity index (χ4v) is 15.1. The maximum absolute atomic E-state index is 6.52. The lowest BCUT2D eigenvalue weighted by atomic mass is 9.95. The van der Waals surface area contributed by atoms with E-state index in [-0.39, 0.29) is 0 Å². The zero-order chi connectivity index (χ0) is 65.8. The van der Waals surface area contributed by atoms with Gasteiger partial charge in [0.2, 0.25) is 0 Å². The number of fused-ring (bicyclic) bond motifs is 12. The van der Waals surface area contributed by atoms with Crippen LogP contribution in [0.5, 0.6) is 0 Å². The summed E-state index contributed by atoms with van der Waals surface area (Å²) in [5.74, 6) is 4.34. The summed E-state index contributed by atoms with van der Waals surface area (Å²) in [6.45, 7) is 0. The number of para-hydroxylation sites is 8. The number of nitrogens with zero attached hydrogens (tertiary/aromatic N) is 11. The van der Waals surface area contributed by atoms with Crippen molar-refractivity contribution in [2.24, 2.45) is 0 Å². The first-order valence-corrected chi connectivity index (χ1v) is 33.6. The Labute approximate surface area is 573 Å². The number of rotatable bonds is 11. The van der Waals surface area contributed by atoms with E-state index in [1.54, 1.807) is 0 Å². The Morgan fingerprint density at radius 3 is 0.680 bits per heavy atom. The average molecular weight is 1280 g/mol. The summed E-state index contributed by atoms with van der Waals surface area (Å²) in [7, 11) is 0. The molecule has 7 heterocycles. The van der Waals surface area contributed by atoms with Gasteiger partial charge in [-0.15, -0.1) is 0 Å². The van der Waals surface area contributed by atoms with E-state index in [0.29, 0.717) is 57.7 Å². The van der Waals surface area contributed by atoms with Crippen molar-refractivity contribution in [2.75, 3.05) is 0 Å². The molecule has 0 amide bonds. The Morgan fingerprint density at radius 1 is 0.170 bits per heavy atom. The SMILES string of the molecule is c1ccc(-c2nc(-c3ccccc3)nc(-c3ccc(-c4c(-n5c6ccccc6c6ccccc65)c(-n5c6ccccc6c6ccccc65)nc(-n5c6ccccc6c6ccccc65)c4-n4c5ccccc5c5ccccc54)cc3-c3nc(-c4ccccc4)nc(-c4ccccc4)n3)n2)cc1. The molecule has 0 bridgehead atoms. The molecule has 0 radical (unpaired) electrons. The van der Waals surface area contributed by atoms with Crippen molar-refractivity contribution in [3.8, 4) is 102 Å². The second-order valence-electron chi connectivity index (χ2n) is 25.1. The van der Waals surface area contributed by atoms with Gasteiger partial charge < -0.3 is 9.13 Å². The lowest BCUT2D eigenvalue weighted by Crippen LogP contribution is -2.16. The fraction of sp³-hybridized carbons (Fsp3) is 0. The number of aromatic nitrogens is 11. The first-order chi connectivity index (χ1) is 49.6. The van der Waals surface area contributed by atoms with E-state index in [0.717, 1.165) is 132 Å². The van der Waals surface area contributed by atoms with Crippen molar-refractivity contribution < 1.29 is 0 Å². The van der Waals surface area contributed by atoms with Crippen LogP contribution in [0.2, 0.25) is 0 Å². The molecule has 0 N–H and O–H groups in total. The van der Waals surface area contributed by atoms with Gasteiger partial charge in [-0.3, -0.25) is 9.13 Å². The zero-order valence-electron chi connectivity index (χ0n) is 53.7. The Hall–Kier alpha value is -13.8. The van der Waals surface area contributed by atoms with Crippen molar-refractivity contribution >= 4 is 87.2 Å². The second-order valence-corrected chi connectivity index (χ2v) is 25.1. The molecule has 0 spiro atoms. The third-order valence-corrected chi connectivity index (χ3v) is 19.5. The Bertz CT molecular complexity index is 6070. The van der Waals surface area contributed by atoms with Crippen LogP contribution < -0.4 is 0 Å². The van der Waals surface area contributed by atoms with E-state index >= 15 is 0 Å². The maximum atomic E-state index is 6.52. The number of hydrogen-bond acceptors (Lipinski definition) is 7. The number of hydrogen-bond donors (Lipinski definition) is 0. The molecule has 466 valence electrons. The molecule has 0 aliphatic rings. The highest BCUT2D eigenvalue weighted by Gasteiger charge is 2.34. The summed E-state index contributed by atoms with van der Waals surface area (Å²) in [6, 6.07) is 117. The summed E-state index contributed by atoms with van der Waals surface area (Å²) in [6.07, 6.45) is 0. The van der Waals surface area contributed by atoms with E-state index in [2.05, 4.69) is 255 Å². The maximum Gasteiger partial charge on any atom is 0.165 e. The molecule has 11 heteroatoms. The van der Waals surface area contributed by atoms with Crippen molar-refractivity contribution in [1.29, 1.82) is 0 Å². The zero-order valence-corrected chi connectivity index (χ0v) is 53.7. The Balaban J connectivity index is 1.04. The predicted molar refractivity (Wildman–Crippen MR) is 406 cm³/mol. The largest absolute Gasteiger partial charge is 0.305 e. The summed E-state index contributed by atoms with van der Waals surface area (Å²) in [5, 5.41) is 8.81. The van der Waals surface area contributed by atoms with E-state index in [1.165, 1.54) is 0 Å². The van der Waals surface area contributed by atoms with Gasteiger partial charge in [0.15, 0.2) is 46.6 Å². The summed E-state index contributed by atoms with van der Waals surface area (Å²) < 4.78 is 9.75. The van der Waals surface area contributed by atoms with Gasteiger partial charge in [0, 0.05) is 82.0 Å². The third kappa shape index (κ3) is 8.96. The lowest BCUT2D eigenvalue weighted by Gasteiger charge is -2.27. The molecule has 7 aromatic heterocycles. The molecule has 0 aliphatic carbocycles. The minimum Gasteiger partial charge on any atom is -0.305 e. The molecule has 0 aliphatic heterocycles. The highest BCUT2D eigenvalue weighted by molar-refractivity contribution is 6.16. The van der Waals surface area contributed by atoms with Gasteiger partial charge in [0.05, 0.1) is 44.1 Å². The van der Waals surface area contributed by atoms with Gasteiger partial charge in [0.25, 0.3) is 0 Å². The quantitative estimate of drug-likeness (QED) is 0.127. The molecule has 0 unspecified atom stereocenters. The Morgan fingerprint density at radius 2 is 0.400 bits per heavy atom. The van der Waals surface area contributed by atoms with Crippen molar-refractivity contribution in [3.63, 3.8) is 0 Å². The number of pyridine rings is 1. The van der Waals surface area contributed by atoms with E-state index < -0.39 is 0 Å². The molecule has 11 nitrogen and oxygen atoms in total. The molecular formula is C89H55N11. The van der Waals surface area contributed by atoms with Crippen LogP contribution in [0.1, 0.15) is 0 Å². The molecule has 20 rings (SSSR count). The van der Waals surface area contributed by atoms with Gasteiger partial charge >= 0.3 is 0 Å². The Kier molecular flexibility index (Phi) is 13.0. The van der Waals surface area contributed by atoms with Crippen LogP contribution in [0.25, 0.3) is 190 Å². The minimum atomic E-state index is 0.420. The highest BCUT2D eigenvalue weighted by Crippen LogP contribution is 2.50. The molecule has 0 saturated carbocycles. The fourth-order valence-electron chi connectivity index (χ4n) is 15.1. The standard InChI is InChI=1S/C89H55N11/c1-5-29-56(30-6-1)82-90-83(57-31-7-2-8-32-57)93-86(92-82)69-54-53-60(55-70(69)87-94-84(58-33-9-3-10-34-58)91-85(95-87)59-35-11-4-12-36-59)79-80(97-71-45-21-13-37-61(71)62-38-14-22-46-72(62)97)88(99-75-49-25-17-41-65(75)66-42-18-26-50-76(66)99)96-89(100-77-51-27-19-43-67(77)68-44-20-28-52-78(68)100)81(79)98-73-47-23-15-39-63(73)64-40-16-24-48-74(64)98/h1-55H. The van der Waals surface area contributed by atoms with Crippen LogP contribution in [-0.4, -0.2) is 53.2 Å². The molecule has 100 heavy (non-hydrogen) atoms. The monoisotopic (exact) mass is 1280 g/mol. The third-order valence-electron chi connectivity index (χ3n) is 19.5. The molecule has 20 aromatic rings. The molecule has 0 saturated heterocycles. The van der Waals surface area contributed by atoms with Gasteiger partial charge in [0.1, 0.15) is 11.4 Å². The lowest BCUT2D eigenvalue weighted by molar-refractivity contribution is 0.961. The van der Waals surface area contributed by atoms with E-state index in [4.69, 9.17) is 34.9 Å². The molecule has 0 atom stereocenters. The number of benzene rings is 13. The smallest absolute Gasteiger partial charge is 0.165 e. The first kappa shape index (κ1) is 56.6. The predicted octanol–water partition coefficient (Wildman–Crippen LogP) is 21.5. The van der Waals surface area contributed by atoms with Crippen molar-refractivity contribution in [1.82, 2.24) is 53.2 Å². The highest BCUT2D eigenvalue weighted by atomic mass is 15.2. The van der Waals surface area contributed by atoms with E-state index in [9.17, 15) is 0 Å². The van der Waals surface area contributed by atoms with Gasteiger partial charge in [-0.1, -0.05) is 273 Å². The van der Waals surface area contributed by atoms with E-state index in [1.807, 2.05) is 97.1 Å². The minimum absolute atomic E-state index is 0.420. The summed E-state index contributed by atoms with van der Waals surface area (Å²) >= 11 is 0. The van der Waals surface area contributed by atoms with Gasteiger partial charge in [-0.2, -0.15) is 0 Å². The first-order valence-electron chi connectivity index (χ1n) is 33.6. The topological polar surface area (TPSA) is 110 Å². The van der Waals surface area contributed by atoms with Crippen LogP contribution in [0.4, 0.5) is 0 Å². The van der Waals surface area contributed by atoms with Crippen LogP contribution in [-0.2, 0) is 0 Å².